The zero-order chi connectivity index (χ0) is 22.2. The van der Waals surface area contributed by atoms with Crippen molar-refractivity contribution in [3.63, 3.8) is 0 Å². The lowest BCUT2D eigenvalue weighted by Gasteiger charge is -2.32. The van der Waals surface area contributed by atoms with E-state index >= 15 is 0 Å². The summed E-state index contributed by atoms with van der Waals surface area (Å²) in [6, 6.07) is 22.1. The molecule has 160 valence electrons. The minimum absolute atomic E-state index is 0.226. The Hall–Kier alpha value is -3.12. The third-order valence-corrected chi connectivity index (χ3v) is 7.48. The van der Waals surface area contributed by atoms with E-state index in [1.165, 1.54) is 4.31 Å². The summed E-state index contributed by atoms with van der Waals surface area (Å²) in [6.45, 7) is 5.81. The van der Waals surface area contributed by atoms with Crippen LogP contribution in [0.4, 0.5) is 5.69 Å². The summed E-state index contributed by atoms with van der Waals surface area (Å²) in [6.07, 6.45) is 0. The molecule has 0 saturated heterocycles. The van der Waals surface area contributed by atoms with E-state index in [-0.39, 0.29) is 23.4 Å². The molecule has 31 heavy (non-hydrogen) atoms. The van der Waals surface area contributed by atoms with Gasteiger partial charge in [-0.1, -0.05) is 68.4 Å². The Morgan fingerprint density at radius 2 is 1.55 bits per heavy atom. The molecule has 0 bridgehead atoms. The van der Waals surface area contributed by atoms with Crippen LogP contribution < -0.4 is 9.62 Å². The number of nitrogens with zero attached hydrogens (tertiary/aromatic N) is 1. The van der Waals surface area contributed by atoms with Gasteiger partial charge in [-0.3, -0.25) is 9.10 Å². The molecule has 1 atom stereocenters. The highest BCUT2D eigenvalue weighted by atomic mass is 32.2. The molecule has 0 saturated carbocycles. The second kappa shape index (κ2) is 8.19. The smallest absolute Gasteiger partial charge is 0.265 e. The molecule has 1 N–H and O–H groups in total. The second-order valence-electron chi connectivity index (χ2n) is 8.14. The lowest BCUT2D eigenvalue weighted by molar-refractivity contribution is -0.120. The van der Waals surface area contributed by atoms with Crippen molar-refractivity contribution >= 4 is 21.6 Å². The van der Waals surface area contributed by atoms with Gasteiger partial charge in [-0.05, 0) is 42.2 Å². The molecule has 1 aliphatic heterocycles. The Bertz CT molecular complexity index is 1220. The van der Waals surface area contributed by atoms with Crippen LogP contribution in [0.3, 0.4) is 0 Å². The fourth-order valence-electron chi connectivity index (χ4n) is 3.92. The molecular formula is C25H26N2O3S. The van der Waals surface area contributed by atoms with Crippen LogP contribution in [-0.4, -0.2) is 20.9 Å². The molecule has 0 spiro atoms. The predicted molar refractivity (Wildman–Crippen MR) is 123 cm³/mol. The maximum atomic E-state index is 13.4. The molecule has 3 aromatic carbocycles. The number of nitrogens with one attached hydrogen (secondary N) is 1. The average Bonchev–Trinajstić information content (AvgIpc) is 2.77. The first kappa shape index (κ1) is 21.1. The van der Waals surface area contributed by atoms with Gasteiger partial charge in [0.05, 0.1) is 16.6 Å². The minimum atomic E-state index is -3.85. The fourth-order valence-corrected chi connectivity index (χ4v) is 5.57. The SMILES string of the molecule is CC(C)c1ccc2c(c1)-c1ccccc1S(=O)(=O)N2CC(=O)N[C@@H](C)c1ccccc1. The Balaban J connectivity index is 1.70. The fraction of sp³-hybridized carbons (Fsp3) is 0.240. The summed E-state index contributed by atoms with van der Waals surface area (Å²) < 4.78 is 28.1. The second-order valence-corrected chi connectivity index (χ2v) is 9.97. The number of anilines is 1. The lowest BCUT2D eigenvalue weighted by atomic mass is 9.95. The maximum Gasteiger partial charge on any atom is 0.265 e. The van der Waals surface area contributed by atoms with Crippen LogP contribution in [0.5, 0.6) is 0 Å². The van der Waals surface area contributed by atoms with E-state index in [0.717, 1.165) is 16.7 Å². The van der Waals surface area contributed by atoms with E-state index < -0.39 is 10.0 Å². The lowest BCUT2D eigenvalue weighted by Crippen LogP contribution is -2.43. The van der Waals surface area contributed by atoms with Crippen molar-refractivity contribution in [1.82, 2.24) is 5.32 Å². The molecule has 0 aromatic heterocycles. The van der Waals surface area contributed by atoms with Crippen LogP contribution in [-0.2, 0) is 14.8 Å². The molecule has 1 heterocycles. The molecule has 4 rings (SSSR count). The van der Waals surface area contributed by atoms with Gasteiger partial charge in [0.15, 0.2) is 0 Å². The van der Waals surface area contributed by atoms with E-state index in [1.54, 1.807) is 12.1 Å². The van der Waals surface area contributed by atoms with Crippen LogP contribution in [0.1, 0.15) is 43.9 Å². The van der Waals surface area contributed by atoms with Gasteiger partial charge in [0.1, 0.15) is 6.54 Å². The van der Waals surface area contributed by atoms with Gasteiger partial charge in [-0.15, -0.1) is 0 Å². The number of carbonyl (C=O) groups is 1. The number of hydrogen-bond donors (Lipinski definition) is 1. The quantitative estimate of drug-likeness (QED) is 0.623. The van der Waals surface area contributed by atoms with E-state index in [9.17, 15) is 13.2 Å². The Labute approximate surface area is 183 Å². The average molecular weight is 435 g/mol. The van der Waals surface area contributed by atoms with Crippen molar-refractivity contribution in [1.29, 1.82) is 0 Å². The first-order chi connectivity index (χ1) is 14.8. The number of amides is 1. The van der Waals surface area contributed by atoms with Gasteiger partial charge >= 0.3 is 0 Å². The summed E-state index contributed by atoms with van der Waals surface area (Å²) in [5.74, 6) is -0.0438. The number of sulfonamides is 1. The van der Waals surface area contributed by atoms with Gasteiger partial charge in [-0.25, -0.2) is 8.42 Å². The zero-order valence-corrected chi connectivity index (χ0v) is 18.7. The Morgan fingerprint density at radius 3 is 2.26 bits per heavy atom. The van der Waals surface area contributed by atoms with Gasteiger partial charge in [-0.2, -0.15) is 0 Å². The molecule has 0 unspecified atom stereocenters. The Kier molecular flexibility index (Phi) is 5.58. The van der Waals surface area contributed by atoms with Crippen molar-refractivity contribution in [3.05, 3.63) is 83.9 Å². The van der Waals surface area contributed by atoms with Crippen LogP contribution in [0, 0.1) is 0 Å². The van der Waals surface area contributed by atoms with Crippen molar-refractivity contribution < 1.29 is 13.2 Å². The van der Waals surface area contributed by atoms with Gasteiger partial charge in [0, 0.05) is 11.1 Å². The van der Waals surface area contributed by atoms with Crippen LogP contribution in [0.15, 0.2) is 77.7 Å². The number of hydrogen-bond acceptors (Lipinski definition) is 3. The van der Waals surface area contributed by atoms with Crippen LogP contribution in [0.2, 0.25) is 0 Å². The van der Waals surface area contributed by atoms with Gasteiger partial charge in [0.2, 0.25) is 5.91 Å². The van der Waals surface area contributed by atoms with E-state index in [0.29, 0.717) is 17.2 Å². The summed E-state index contributed by atoms with van der Waals surface area (Å²) in [4.78, 5) is 13.1. The van der Waals surface area contributed by atoms with Crippen molar-refractivity contribution in [2.24, 2.45) is 0 Å². The number of carbonyl (C=O) groups excluding carboxylic acids is 1. The number of fused-ring (bicyclic) bond motifs is 3. The zero-order valence-electron chi connectivity index (χ0n) is 17.9. The first-order valence-electron chi connectivity index (χ1n) is 10.4. The largest absolute Gasteiger partial charge is 0.348 e. The molecule has 3 aromatic rings. The monoisotopic (exact) mass is 434 g/mol. The topological polar surface area (TPSA) is 66.5 Å². The Morgan fingerprint density at radius 1 is 0.871 bits per heavy atom. The van der Waals surface area contributed by atoms with Crippen LogP contribution in [0.25, 0.3) is 11.1 Å². The molecule has 1 amide bonds. The standard InChI is InChI=1S/C25H26N2O3S/c1-17(2)20-13-14-23-22(15-20)21-11-7-8-12-24(21)31(29,30)27(23)16-25(28)26-18(3)19-9-5-4-6-10-19/h4-15,17-18H,16H2,1-3H3,(H,26,28)/t18-/m0/s1. The van der Waals surface area contributed by atoms with Crippen LogP contribution >= 0.6 is 0 Å². The van der Waals surface area contributed by atoms with Gasteiger partial charge in [0.25, 0.3) is 10.0 Å². The van der Waals surface area contributed by atoms with E-state index in [1.807, 2.05) is 67.6 Å². The van der Waals surface area contributed by atoms with Crippen molar-refractivity contribution in [2.45, 2.75) is 37.6 Å². The molecular weight excluding hydrogens is 408 g/mol. The number of benzene rings is 3. The predicted octanol–water partition coefficient (Wildman–Crippen LogP) is 4.86. The van der Waals surface area contributed by atoms with Gasteiger partial charge < -0.3 is 5.32 Å². The normalized spacial score (nSPS) is 15.2. The third kappa shape index (κ3) is 3.95. The summed E-state index contributed by atoms with van der Waals surface area (Å²) in [5.41, 5.74) is 4.13. The van der Waals surface area contributed by atoms with Crippen molar-refractivity contribution in [2.75, 3.05) is 10.8 Å². The van der Waals surface area contributed by atoms with E-state index in [4.69, 9.17) is 0 Å². The molecule has 0 radical (unpaired) electrons. The summed E-state index contributed by atoms with van der Waals surface area (Å²) in [5, 5.41) is 2.92. The third-order valence-electron chi connectivity index (χ3n) is 5.67. The molecule has 5 nitrogen and oxygen atoms in total. The highest BCUT2D eigenvalue weighted by Gasteiger charge is 2.36. The highest BCUT2D eigenvalue weighted by molar-refractivity contribution is 7.93. The van der Waals surface area contributed by atoms with E-state index in [2.05, 4.69) is 19.2 Å². The molecule has 0 fully saturated rings. The summed E-state index contributed by atoms with van der Waals surface area (Å²) in [7, 11) is -3.85. The van der Waals surface area contributed by atoms with Crippen molar-refractivity contribution in [3.8, 4) is 11.1 Å². The molecule has 6 heteroatoms. The molecule has 1 aliphatic rings. The number of rotatable bonds is 5. The first-order valence-corrected chi connectivity index (χ1v) is 11.8. The minimum Gasteiger partial charge on any atom is -0.348 e. The summed E-state index contributed by atoms with van der Waals surface area (Å²) >= 11 is 0. The maximum absolute atomic E-state index is 13.4. The highest BCUT2D eigenvalue weighted by Crippen LogP contribution is 2.43. The molecule has 0 aliphatic carbocycles.